The number of thiophene rings is 1. The van der Waals surface area contributed by atoms with Gasteiger partial charge in [0.25, 0.3) is 0 Å². The first kappa shape index (κ1) is 33.7. The van der Waals surface area contributed by atoms with Gasteiger partial charge in [-0.2, -0.15) is 15.2 Å². The van der Waals surface area contributed by atoms with E-state index in [4.69, 9.17) is 30.8 Å². The summed E-state index contributed by atoms with van der Waals surface area (Å²) in [4.78, 5) is 25.0. The van der Waals surface area contributed by atoms with Crippen LogP contribution >= 0.6 is 22.9 Å². The maximum absolute atomic E-state index is 17.5. The standard InChI is InChI=1S/C35H32ClF3N6O6S/c36-25-23(18-2-3-20(38)29-22(18)19(11-40)31(52-29)43-33(46)47)26(39)27-24-28(25)50-14-21(35(48)6-7-35)45(17-4-9-49-13-17)30(24)42-32(41-27)51-15-34-5-1-8-44(34)12-16(37)10-34/h2-3,16-17,21,43,48H,1,4-10,12-15H2,(H,46,47)/t16-,17?,21-,34+/m1/s1. The third-order valence-electron chi connectivity index (χ3n) is 11.2. The molecule has 1 unspecified atom stereocenters. The zero-order chi connectivity index (χ0) is 36.1. The van der Waals surface area contributed by atoms with Crippen LogP contribution in [0.15, 0.2) is 12.1 Å². The minimum Gasteiger partial charge on any atom is -0.489 e. The van der Waals surface area contributed by atoms with Gasteiger partial charge in [0.05, 0.1) is 50.5 Å². The highest BCUT2D eigenvalue weighted by atomic mass is 35.5. The fourth-order valence-electron chi connectivity index (χ4n) is 8.61. The van der Waals surface area contributed by atoms with E-state index in [0.29, 0.717) is 56.8 Å². The number of rotatable bonds is 7. The second-order valence-electron chi connectivity index (χ2n) is 14.3. The molecule has 3 saturated heterocycles. The van der Waals surface area contributed by atoms with Crippen LogP contribution in [0.5, 0.6) is 11.8 Å². The second kappa shape index (κ2) is 12.2. The summed E-state index contributed by atoms with van der Waals surface area (Å²) in [5, 5.41) is 33.0. The van der Waals surface area contributed by atoms with Crippen LogP contribution in [0.4, 0.5) is 28.8 Å². The van der Waals surface area contributed by atoms with Crippen LogP contribution in [0.2, 0.25) is 5.02 Å². The van der Waals surface area contributed by atoms with Crippen LogP contribution < -0.4 is 19.7 Å². The Kier molecular flexibility index (Phi) is 7.91. The van der Waals surface area contributed by atoms with Gasteiger partial charge in [0.2, 0.25) is 0 Å². The molecule has 272 valence electrons. The molecule has 6 heterocycles. The number of anilines is 2. The number of hydrogen-bond donors (Lipinski definition) is 3. The molecule has 52 heavy (non-hydrogen) atoms. The van der Waals surface area contributed by atoms with Gasteiger partial charge in [-0.3, -0.25) is 10.2 Å². The predicted molar refractivity (Wildman–Crippen MR) is 185 cm³/mol. The predicted octanol–water partition coefficient (Wildman–Crippen LogP) is 6.24. The Bertz CT molecular complexity index is 2210. The largest absolute Gasteiger partial charge is 0.489 e. The fraction of sp³-hybridized carbons (Fsp3) is 0.486. The molecule has 0 radical (unpaired) electrons. The number of nitrogens with one attached hydrogen (secondary N) is 1. The quantitative estimate of drug-likeness (QED) is 0.196. The number of halogens is 4. The smallest absolute Gasteiger partial charge is 0.409 e. The average molecular weight is 757 g/mol. The number of ether oxygens (including phenoxy) is 3. The van der Waals surface area contributed by atoms with Gasteiger partial charge in [-0.25, -0.2) is 18.0 Å². The Morgan fingerprint density at radius 1 is 1.23 bits per heavy atom. The van der Waals surface area contributed by atoms with E-state index in [9.17, 15) is 24.7 Å². The first-order chi connectivity index (χ1) is 25.0. The molecule has 2 aromatic heterocycles. The van der Waals surface area contributed by atoms with Gasteiger partial charge in [-0.15, -0.1) is 11.3 Å². The van der Waals surface area contributed by atoms with Crippen molar-refractivity contribution < 1.29 is 42.4 Å². The Morgan fingerprint density at radius 2 is 2.06 bits per heavy atom. The van der Waals surface area contributed by atoms with Crippen molar-refractivity contribution in [2.45, 2.75) is 67.9 Å². The number of nitrogens with zero attached hydrogens (tertiary/aromatic N) is 5. The Morgan fingerprint density at radius 3 is 2.79 bits per heavy atom. The number of alkyl halides is 1. The van der Waals surface area contributed by atoms with E-state index in [1.807, 2.05) is 11.0 Å². The molecule has 1 amide bonds. The van der Waals surface area contributed by atoms with Gasteiger partial charge < -0.3 is 29.3 Å². The number of nitriles is 1. The summed E-state index contributed by atoms with van der Waals surface area (Å²) < 4.78 is 65.8. The zero-order valence-electron chi connectivity index (χ0n) is 27.6. The van der Waals surface area contributed by atoms with E-state index in [1.165, 1.54) is 6.07 Å². The first-order valence-electron chi connectivity index (χ1n) is 17.1. The van der Waals surface area contributed by atoms with E-state index in [-0.39, 0.29) is 84.5 Å². The monoisotopic (exact) mass is 756 g/mol. The van der Waals surface area contributed by atoms with Crippen LogP contribution in [0.25, 0.3) is 32.1 Å². The van der Waals surface area contributed by atoms with E-state index < -0.39 is 41.1 Å². The summed E-state index contributed by atoms with van der Waals surface area (Å²) >= 11 is 7.80. The summed E-state index contributed by atoms with van der Waals surface area (Å²) in [6.45, 7) is 1.86. The maximum Gasteiger partial charge on any atom is 0.409 e. The zero-order valence-corrected chi connectivity index (χ0v) is 29.1. The molecule has 2 aromatic carbocycles. The van der Waals surface area contributed by atoms with Gasteiger partial charge in [0, 0.05) is 30.5 Å². The van der Waals surface area contributed by atoms with Gasteiger partial charge >= 0.3 is 12.1 Å². The Labute approximate surface area is 303 Å². The summed E-state index contributed by atoms with van der Waals surface area (Å²) in [5.41, 5.74) is -2.36. The molecule has 17 heteroatoms. The molecular weight excluding hydrogens is 725 g/mol. The lowest BCUT2D eigenvalue weighted by molar-refractivity contribution is 0.0848. The topological polar surface area (TPSA) is 153 Å². The minimum atomic E-state index is -1.46. The van der Waals surface area contributed by atoms with Crippen LogP contribution in [0, 0.1) is 23.0 Å². The Hall–Kier alpha value is -4.14. The highest BCUT2D eigenvalue weighted by Gasteiger charge is 2.54. The van der Waals surface area contributed by atoms with Crippen molar-refractivity contribution >= 4 is 60.8 Å². The van der Waals surface area contributed by atoms with Gasteiger partial charge in [0.1, 0.15) is 47.6 Å². The van der Waals surface area contributed by atoms with Crippen molar-refractivity contribution in [1.82, 2.24) is 14.9 Å². The molecule has 0 spiro atoms. The van der Waals surface area contributed by atoms with Crippen molar-refractivity contribution in [3.63, 3.8) is 0 Å². The lowest BCUT2D eigenvalue weighted by Crippen LogP contribution is -2.53. The first-order valence-corrected chi connectivity index (χ1v) is 18.3. The average Bonchev–Trinajstić information content (AvgIpc) is 3.45. The van der Waals surface area contributed by atoms with Crippen molar-refractivity contribution in [3.05, 3.63) is 34.4 Å². The van der Waals surface area contributed by atoms with E-state index >= 15 is 8.78 Å². The molecule has 4 aromatic rings. The van der Waals surface area contributed by atoms with Gasteiger partial charge in [0.15, 0.2) is 11.6 Å². The highest BCUT2D eigenvalue weighted by Crippen LogP contribution is 2.54. The van der Waals surface area contributed by atoms with Crippen LogP contribution in [-0.4, -0.2) is 100 Å². The number of carboxylic acid groups (broad SMARTS) is 1. The number of carbonyl (C=O) groups is 1. The van der Waals surface area contributed by atoms with Crippen molar-refractivity contribution in [2.24, 2.45) is 0 Å². The Balaban J connectivity index is 1.28. The van der Waals surface area contributed by atoms with Crippen LogP contribution in [-0.2, 0) is 4.74 Å². The third-order valence-corrected chi connectivity index (χ3v) is 12.7. The third kappa shape index (κ3) is 5.15. The summed E-state index contributed by atoms with van der Waals surface area (Å²) in [6, 6.07) is 3.24. The minimum absolute atomic E-state index is 0.0117. The molecule has 12 nitrogen and oxygen atoms in total. The molecule has 1 saturated carbocycles. The molecule has 3 N–H and O–H groups in total. The molecule has 9 rings (SSSR count). The molecular formula is C35H32ClF3N6O6S. The lowest BCUT2D eigenvalue weighted by atomic mass is 9.95. The number of aliphatic hydroxyl groups is 1. The van der Waals surface area contributed by atoms with Crippen molar-refractivity contribution in [3.8, 4) is 29.0 Å². The molecule has 4 aliphatic heterocycles. The van der Waals surface area contributed by atoms with Crippen LogP contribution in [0.1, 0.15) is 44.1 Å². The SMILES string of the molecule is N#Cc1c(NC(=O)O)sc2c(F)ccc(-c3c(Cl)c4c5c(nc(OC[C@@]67CCCN6C[C@H](F)C7)nc5c3F)N(C3CCOC3)[C@@H](C3(O)CC3)CO4)c12. The van der Waals surface area contributed by atoms with Crippen LogP contribution in [0.3, 0.4) is 0 Å². The van der Waals surface area contributed by atoms with E-state index in [1.54, 1.807) is 0 Å². The number of hydrogen-bond acceptors (Lipinski definition) is 11. The molecule has 4 fully saturated rings. The number of benzene rings is 2. The molecule has 0 bridgehead atoms. The molecule has 1 aliphatic carbocycles. The van der Waals surface area contributed by atoms with E-state index in [0.717, 1.165) is 25.5 Å². The maximum atomic E-state index is 17.5. The molecule has 4 atom stereocenters. The number of amides is 1. The lowest BCUT2D eigenvalue weighted by Gasteiger charge is -2.38. The summed E-state index contributed by atoms with van der Waals surface area (Å²) in [6.07, 6.45) is 1.05. The van der Waals surface area contributed by atoms with Crippen molar-refractivity contribution in [2.75, 3.05) is 49.7 Å². The number of fused-ring (bicyclic) bond motifs is 2. The van der Waals surface area contributed by atoms with E-state index in [2.05, 4.69) is 15.2 Å². The number of aromatic nitrogens is 2. The summed E-state index contributed by atoms with van der Waals surface area (Å²) in [7, 11) is 0. The molecule has 5 aliphatic rings. The summed E-state index contributed by atoms with van der Waals surface area (Å²) in [5.74, 6) is -1.42. The normalized spacial score (nSPS) is 26.3. The highest BCUT2D eigenvalue weighted by molar-refractivity contribution is 7.23. The van der Waals surface area contributed by atoms with Crippen molar-refractivity contribution in [1.29, 1.82) is 5.26 Å². The van der Waals surface area contributed by atoms with Gasteiger partial charge in [-0.05, 0) is 50.3 Å². The second-order valence-corrected chi connectivity index (χ2v) is 15.7. The fourth-order valence-corrected chi connectivity index (χ4v) is 10.0. The van der Waals surface area contributed by atoms with Gasteiger partial charge in [-0.1, -0.05) is 17.7 Å².